The second-order valence-corrected chi connectivity index (χ2v) is 7.68. The van der Waals surface area contributed by atoms with Crippen LogP contribution in [0.1, 0.15) is 4.88 Å². The lowest BCUT2D eigenvalue weighted by molar-refractivity contribution is 1.44. The van der Waals surface area contributed by atoms with Gasteiger partial charge >= 0.3 is 0 Å². The van der Waals surface area contributed by atoms with E-state index in [1.54, 1.807) is 22.7 Å². The summed E-state index contributed by atoms with van der Waals surface area (Å²) in [5.41, 5.74) is 0. The first-order valence-corrected chi connectivity index (χ1v) is 6.88. The molecule has 2 heterocycles. The van der Waals surface area contributed by atoms with Crippen molar-refractivity contribution in [2.24, 2.45) is 0 Å². The summed E-state index contributed by atoms with van der Waals surface area (Å²) in [7, 11) is 0. The highest BCUT2D eigenvalue weighted by Crippen LogP contribution is 2.42. The summed E-state index contributed by atoms with van der Waals surface area (Å²) in [6, 6.07) is 0. The van der Waals surface area contributed by atoms with E-state index in [1.807, 2.05) is 23.5 Å². The highest BCUT2D eigenvalue weighted by Gasteiger charge is 2.12. The molecule has 1 aromatic rings. The van der Waals surface area contributed by atoms with Crippen LogP contribution < -0.4 is 0 Å². The van der Waals surface area contributed by atoms with Gasteiger partial charge in [-0.1, -0.05) is 12.2 Å². The molecular weight excluding hydrogens is 220 g/mol. The number of hydrogen-bond acceptors (Lipinski definition) is 5. The summed E-state index contributed by atoms with van der Waals surface area (Å²) < 4.78 is 2.55. The maximum absolute atomic E-state index is 5.10. The van der Waals surface area contributed by atoms with Crippen molar-refractivity contribution in [1.82, 2.24) is 0 Å². The quantitative estimate of drug-likeness (QED) is 0.615. The van der Waals surface area contributed by atoms with Gasteiger partial charge in [0, 0.05) is 15.7 Å². The van der Waals surface area contributed by atoms with E-state index in [4.69, 9.17) is 12.2 Å². The minimum atomic E-state index is 1.08. The first-order valence-electron chi connectivity index (χ1n) is 2.69. The standard InChI is InChI=1S/C5H4S5/c6-5-9-3-1-7-2-8-4(3)10-5/h1-2H2. The van der Waals surface area contributed by atoms with Gasteiger partial charge in [0.1, 0.15) is 3.14 Å². The lowest BCUT2D eigenvalue weighted by Gasteiger charge is -2.06. The molecule has 1 aliphatic heterocycles. The molecule has 2 rings (SSSR count). The van der Waals surface area contributed by atoms with Gasteiger partial charge in [-0.25, -0.2) is 0 Å². The smallest absolute Gasteiger partial charge is 0.145 e. The topological polar surface area (TPSA) is 0 Å². The molecule has 0 unspecified atom stereocenters. The Morgan fingerprint density at radius 2 is 2.20 bits per heavy atom. The minimum Gasteiger partial charge on any atom is -0.145 e. The molecule has 0 aromatic carbocycles. The second-order valence-electron chi connectivity index (χ2n) is 1.78. The van der Waals surface area contributed by atoms with Gasteiger partial charge in [0.2, 0.25) is 0 Å². The molecule has 0 saturated carbocycles. The Labute approximate surface area is 81.1 Å². The third-order valence-corrected chi connectivity index (χ3v) is 6.66. The van der Waals surface area contributed by atoms with Crippen molar-refractivity contribution in [2.75, 3.05) is 5.08 Å². The molecule has 54 valence electrons. The van der Waals surface area contributed by atoms with E-state index in [2.05, 4.69) is 0 Å². The number of fused-ring (bicyclic) bond motifs is 1. The van der Waals surface area contributed by atoms with Gasteiger partial charge in [0.05, 0.1) is 4.21 Å². The Morgan fingerprint density at radius 1 is 1.30 bits per heavy atom. The maximum atomic E-state index is 5.10. The summed E-state index contributed by atoms with van der Waals surface area (Å²) in [4.78, 5) is 1.50. The summed E-state index contributed by atoms with van der Waals surface area (Å²) >= 11 is 12.6. The summed E-state index contributed by atoms with van der Waals surface area (Å²) in [6.45, 7) is 0. The van der Waals surface area contributed by atoms with Gasteiger partial charge in [0.15, 0.2) is 0 Å². The Hall–Kier alpha value is 0.970. The molecule has 0 fully saturated rings. The lowest BCUT2D eigenvalue weighted by Crippen LogP contribution is -1.84. The highest BCUT2D eigenvalue weighted by atomic mass is 32.2. The van der Waals surface area contributed by atoms with Crippen LogP contribution in [0.25, 0.3) is 0 Å². The van der Waals surface area contributed by atoms with Crippen LogP contribution in [-0.4, -0.2) is 5.08 Å². The van der Waals surface area contributed by atoms with Gasteiger partial charge in [0.25, 0.3) is 0 Å². The monoisotopic (exact) mass is 224 g/mol. The van der Waals surface area contributed by atoms with E-state index in [0.717, 1.165) is 3.14 Å². The van der Waals surface area contributed by atoms with Gasteiger partial charge in [-0.05, 0) is 0 Å². The summed E-state index contributed by atoms with van der Waals surface area (Å²) in [6.07, 6.45) is 0. The SMILES string of the molecule is S=c1sc2c(s1)SCSC2. The number of hydrogen-bond donors (Lipinski definition) is 0. The van der Waals surface area contributed by atoms with Crippen molar-refractivity contribution in [2.45, 2.75) is 9.96 Å². The molecule has 1 aromatic heterocycles. The Kier molecular flexibility index (Phi) is 2.39. The predicted octanol–water partition coefficient (Wildman–Crippen LogP) is 3.84. The molecule has 0 saturated heterocycles. The van der Waals surface area contributed by atoms with Gasteiger partial charge in [-0.2, -0.15) is 0 Å². The zero-order valence-corrected chi connectivity index (χ0v) is 9.04. The van der Waals surface area contributed by atoms with Crippen LogP contribution in [-0.2, 0) is 5.75 Å². The molecular formula is C5H4S5. The minimum absolute atomic E-state index is 1.08. The van der Waals surface area contributed by atoms with Crippen molar-refractivity contribution in [3.8, 4) is 0 Å². The molecule has 1 aliphatic rings. The molecule has 0 radical (unpaired) electrons. The zero-order valence-electron chi connectivity index (χ0n) is 4.96. The normalized spacial score (nSPS) is 16.8. The molecule has 0 N–H and O–H groups in total. The van der Waals surface area contributed by atoms with Gasteiger partial charge < -0.3 is 0 Å². The second kappa shape index (κ2) is 3.15. The Balaban J connectivity index is 2.50. The molecule has 0 spiro atoms. The predicted molar refractivity (Wildman–Crippen MR) is 55.0 cm³/mol. The van der Waals surface area contributed by atoms with Crippen molar-refractivity contribution < 1.29 is 0 Å². The largest absolute Gasteiger partial charge is 0.145 e. The van der Waals surface area contributed by atoms with E-state index in [1.165, 1.54) is 19.9 Å². The fraction of sp³-hybridized carbons (Fsp3) is 0.400. The van der Waals surface area contributed by atoms with Gasteiger partial charge in [-0.3, -0.25) is 0 Å². The van der Waals surface area contributed by atoms with Gasteiger partial charge in [-0.15, -0.1) is 46.2 Å². The fourth-order valence-corrected chi connectivity index (χ4v) is 6.73. The Bertz CT molecular complexity index is 256. The van der Waals surface area contributed by atoms with Crippen LogP contribution in [0, 0.1) is 3.14 Å². The molecule has 0 atom stereocenters. The Morgan fingerprint density at radius 3 is 3.00 bits per heavy atom. The molecule has 5 heteroatoms. The maximum Gasteiger partial charge on any atom is 0.145 e. The fourth-order valence-electron chi connectivity index (χ4n) is 0.724. The van der Waals surface area contributed by atoms with Crippen molar-refractivity contribution in [3.63, 3.8) is 0 Å². The van der Waals surface area contributed by atoms with E-state index in [9.17, 15) is 0 Å². The van der Waals surface area contributed by atoms with Crippen LogP contribution in [0.15, 0.2) is 4.21 Å². The number of rotatable bonds is 0. The van der Waals surface area contributed by atoms with Crippen LogP contribution in [0.4, 0.5) is 0 Å². The van der Waals surface area contributed by atoms with E-state index < -0.39 is 0 Å². The molecule has 10 heavy (non-hydrogen) atoms. The first-order chi connectivity index (χ1) is 4.86. The van der Waals surface area contributed by atoms with E-state index in [0.29, 0.717) is 0 Å². The van der Waals surface area contributed by atoms with Crippen molar-refractivity contribution in [3.05, 3.63) is 8.01 Å². The molecule has 0 amide bonds. The third kappa shape index (κ3) is 1.43. The molecule has 0 aliphatic carbocycles. The highest BCUT2D eigenvalue weighted by molar-refractivity contribution is 8.17. The molecule has 0 nitrogen and oxygen atoms in total. The van der Waals surface area contributed by atoms with Crippen LogP contribution in [0.5, 0.6) is 0 Å². The van der Waals surface area contributed by atoms with Crippen molar-refractivity contribution >= 4 is 58.4 Å². The first kappa shape index (κ1) is 7.61. The average Bonchev–Trinajstić information content (AvgIpc) is 2.27. The number of thioether (sulfide) groups is 2. The van der Waals surface area contributed by atoms with Crippen LogP contribution >= 0.6 is 58.4 Å². The third-order valence-electron chi connectivity index (χ3n) is 1.12. The average molecular weight is 224 g/mol. The lowest BCUT2D eigenvalue weighted by atomic mass is 10.7. The van der Waals surface area contributed by atoms with E-state index in [-0.39, 0.29) is 0 Å². The van der Waals surface area contributed by atoms with Crippen LogP contribution in [0.3, 0.4) is 0 Å². The summed E-state index contributed by atoms with van der Waals surface area (Å²) in [5.74, 6) is 1.18. The van der Waals surface area contributed by atoms with Crippen LogP contribution in [0.2, 0.25) is 0 Å². The molecule has 0 bridgehead atoms. The van der Waals surface area contributed by atoms with Crippen molar-refractivity contribution in [1.29, 1.82) is 0 Å². The zero-order chi connectivity index (χ0) is 6.97. The van der Waals surface area contributed by atoms with E-state index >= 15 is 0 Å². The summed E-state index contributed by atoms with van der Waals surface area (Å²) in [5, 5.41) is 1.20.